The van der Waals surface area contributed by atoms with Crippen LogP contribution in [0.3, 0.4) is 0 Å². The highest BCUT2D eigenvalue weighted by molar-refractivity contribution is 6.03. The number of para-hydroxylation sites is 1. The highest BCUT2D eigenvalue weighted by atomic mass is 19.1. The van der Waals surface area contributed by atoms with Gasteiger partial charge in [-0.3, -0.25) is 9.59 Å². The number of carbonyl (C=O) groups is 2. The molecule has 0 bridgehead atoms. The molecule has 2 amide bonds. The van der Waals surface area contributed by atoms with Crippen LogP contribution >= 0.6 is 0 Å². The maximum Gasteiger partial charge on any atom is 0.229 e. The fourth-order valence-electron chi connectivity index (χ4n) is 4.04. The van der Waals surface area contributed by atoms with Crippen LogP contribution in [0.1, 0.15) is 20.3 Å². The largest absolute Gasteiger partial charge is 0.372 e. The van der Waals surface area contributed by atoms with Gasteiger partial charge in [0.25, 0.3) is 0 Å². The molecule has 2 saturated heterocycles. The van der Waals surface area contributed by atoms with Gasteiger partial charge in [0.05, 0.1) is 35.7 Å². The summed E-state index contributed by atoms with van der Waals surface area (Å²) in [5, 5.41) is 2.82. The maximum atomic E-state index is 14.0. The molecule has 2 fully saturated rings. The van der Waals surface area contributed by atoms with Gasteiger partial charge < -0.3 is 19.9 Å². The Morgan fingerprint density at radius 2 is 1.87 bits per heavy atom. The van der Waals surface area contributed by atoms with E-state index in [0.29, 0.717) is 5.69 Å². The second kappa shape index (κ2) is 8.39. The minimum absolute atomic E-state index is 0.0508. The average Bonchev–Trinajstić information content (AvgIpc) is 3.10. The molecule has 0 saturated carbocycles. The standard InChI is InChI=1S/C22H25FN4O3/c1-14-11-26(12-15(2)30-14)20-8-7-17(10-24-20)25-22(29)16-9-21(28)27(13-16)19-6-4-3-5-18(19)23/h3-8,10,14-16H,9,11-13H2,1-2H3,(H,25,29)/t14-,15-,16-/m1/s1. The lowest BCUT2D eigenvalue weighted by molar-refractivity contribution is -0.122. The second-order valence-electron chi connectivity index (χ2n) is 7.91. The van der Waals surface area contributed by atoms with Crippen molar-refractivity contribution < 1.29 is 18.7 Å². The Hall–Kier alpha value is -3.00. The van der Waals surface area contributed by atoms with Crippen LogP contribution in [0, 0.1) is 11.7 Å². The fourth-order valence-corrected chi connectivity index (χ4v) is 4.04. The van der Waals surface area contributed by atoms with E-state index in [1.807, 2.05) is 19.9 Å². The number of pyridine rings is 1. The predicted octanol–water partition coefficient (Wildman–Crippen LogP) is 2.83. The van der Waals surface area contributed by atoms with E-state index in [2.05, 4.69) is 15.2 Å². The highest BCUT2D eigenvalue weighted by Gasteiger charge is 2.36. The zero-order valence-corrected chi connectivity index (χ0v) is 17.0. The van der Waals surface area contributed by atoms with Crippen LogP contribution < -0.4 is 15.1 Å². The van der Waals surface area contributed by atoms with E-state index in [1.54, 1.807) is 30.5 Å². The number of rotatable bonds is 4. The highest BCUT2D eigenvalue weighted by Crippen LogP contribution is 2.28. The van der Waals surface area contributed by atoms with Crippen molar-refractivity contribution >= 4 is 29.0 Å². The number of anilines is 3. The lowest BCUT2D eigenvalue weighted by atomic mass is 10.1. The van der Waals surface area contributed by atoms with E-state index in [0.717, 1.165) is 18.9 Å². The number of amides is 2. The number of hydrogen-bond acceptors (Lipinski definition) is 5. The van der Waals surface area contributed by atoms with E-state index < -0.39 is 11.7 Å². The van der Waals surface area contributed by atoms with Gasteiger partial charge in [0.1, 0.15) is 11.6 Å². The predicted molar refractivity (Wildman–Crippen MR) is 112 cm³/mol. The average molecular weight is 412 g/mol. The number of carbonyl (C=O) groups excluding carboxylic acids is 2. The molecular weight excluding hydrogens is 387 g/mol. The van der Waals surface area contributed by atoms with Crippen LogP contribution in [0.25, 0.3) is 0 Å². The zero-order chi connectivity index (χ0) is 21.3. The molecular formula is C22H25FN4O3. The lowest BCUT2D eigenvalue weighted by Crippen LogP contribution is -2.45. The normalized spacial score (nSPS) is 24.2. The van der Waals surface area contributed by atoms with Crippen LogP contribution in [0.15, 0.2) is 42.6 Å². The molecule has 1 aromatic carbocycles. The molecule has 1 aromatic heterocycles. The van der Waals surface area contributed by atoms with Crippen molar-refractivity contribution in [1.82, 2.24) is 4.98 Å². The first kappa shape index (κ1) is 20.3. The van der Waals surface area contributed by atoms with E-state index >= 15 is 0 Å². The molecule has 1 N–H and O–H groups in total. The number of aromatic nitrogens is 1. The number of hydrogen-bond donors (Lipinski definition) is 1. The summed E-state index contributed by atoms with van der Waals surface area (Å²) in [6.45, 7) is 5.74. The number of morpholine rings is 1. The van der Waals surface area contributed by atoms with Crippen molar-refractivity contribution in [1.29, 1.82) is 0 Å². The van der Waals surface area contributed by atoms with Gasteiger partial charge in [-0.2, -0.15) is 0 Å². The van der Waals surface area contributed by atoms with E-state index in [-0.39, 0.29) is 42.7 Å². The summed E-state index contributed by atoms with van der Waals surface area (Å²) in [5.41, 5.74) is 0.771. The Kier molecular flexibility index (Phi) is 5.67. The summed E-state index contributed by atoms with van der Waals surface area (Å²) in [6, 6.07) is 9.76. The molecule has 2 aromatic rings. The Balaban J connectivity index is 1.38. The Morgan fingerprint density at radius 3 is 2.53 bits per heavy atom. The van der Waals surface area contributed by atoms with Crippen molar-refractivity contribution in [2.45, 2.75) is 32.5 Å². The SMILES string of the molecule is C[C@@H]1CN(c2ccc(NC(=O)[C@@H]3CC(=O)N(c4ccccc4F)C3)cn2)C[C@@H](C)O1. The van der Waals surface area contributed by atoms with Gasteiger partial charge >= 0.3 is 0 Å². The summed E-state index contributed by atoms with van der Waals surface area (Å²) in [7, 11) is 0. The molecule has 0 spiro atoms. The van der Waals surface area contributed by atoms with Crippen LogP contribution in [0.4, 0.5) is 21.6 Å². The third-order valence-electron chi connectivity index (χ3n) is 5.40. The third kappa shape index (κ3) is 4.28. The minimum Gasteiger partial charge on any atom is -0.372 e. The molecule has 2 aliphatic rings. The second-order valence-corrected chi connectivity index (χ2v) is 7.91. The quantitative estimate of drug-likeness (QED) is 0.836. The van der Waals surface area contributed by atoms with Gasteiger partial charge in [-0.05, 0) is 38.1 Å². The number of halogens is 1. The molecule has 30 heavy (non-hydrogen) atoms. The van der Waals surface area contributed by atoms with Crippen LogP contribution in [-0.2, 0) is 14.3 Å². The molecule has 0 unspecified atom stereocenters. The van der Waals surface area contributed by atoms with Crippen LogP contribution in [-0.4, -0.2) is 48.6 Å². The molecule has 8 heteroatoms. The lowest BCUT2D eigenvalue weighted by Gasteiger charge is -2.36. The molecule has 0 radical (unpaired) electrons. The Morgan fingerprint density at radius 1 is 1.13 bits per heavy atom. The first-order valence-corrected chi connectivity index (χ1v) is 10.1. The van der Waals surface area contributed by atoms with Crippen molar-refractivity contribution in [2.24, 2.45) is 5.92 Å². The fraction of sp³-hybridized carbons (Fsp3) is 0.409. The summed E-state index contributed by atoms with van der Waals surface area (Å²) >= 11 is 0. The van der Waals surface area contributed by atoms with Crippen molar-refractivity contribution in [2.75, 3.05) is 34.8 Å². The summed E-state index contributed by atoms with van der Waals surface area (Å²) < 4.78 is 19.8. The minimum atomic E-state index is -0.544. The monoisotopic (exact) mass is 412 g/mol. The van der Waals surface area contributed by atoms with Crippen molar-refractivity contribution in [3.8, 4) is 0 Å². The van der Waals surface area contributed by atoms with Gasteiger partial charge in [-0.15, -0.1) is 0 Å². The molecule has 0 aliphatic carbocycles. The number of nitrogens with one attached hydrogen (secondary N) is 1. The molecule has 4 rings (SSSR count). The van der Waals surface area contributed by atoms with E-state index in [1.165, 1.54) is 11.0 Å². The summed E-state index contributed by atoms with van der Waals surface area (Å²) in [4.78, 5) is 32.9. The maximum absolute atomic E-state index is 14.0. The van der Waals surface area contributed by atoms with Crippen molar-refractivity contribution in [3.63, 3.8) is 0 Å². The van der Waals surface area contributed by atoms with Gasteiger partial charge in [-0.1, -0.05) is 12.1 Å². The van der Waals surface area contributed by atoms with Gasteiger partial charge in [0.2, 0.25) is 11.8 Å². The Bertz CT molecular complexity index is 926. The molecule has 3 atom stereocenters. The number of benzene rings is 1. The first-order valence-electron chi connectivity index (χ1n) is 10.1. The van der Waals surface area contributed by atoms with Gasteiger partial charge in [-0.25, -0.2) is 9.37 Å². The first-order chi connectivity index (χ1) is 14.4. The number of ether oxygens (including phenoxy) is 1. The zero-order valence-electron chi connectivity index (χ0n) is 17.0. The van der Waals surface area contributed by atoms with Crippen LogP contribution in [0.5, 0.6) is 0 Å². The van der Waals surface area contributed by atoms with Crippen molar-refractivity contribution in [3.05, 3.63) is 48.4 Å². The third-order valence-corrected chi connectivity index (χ3v) is 5.40. The van der Waals surface area contributed by atoms with Gasteiger partial charge in [0.15, 0.2) is 0 Å². The summed E-state index contributed by atoms with van der Waals surface area (Å²) in [6.07, 6.45) is 1.93. The molecule has 158 valence electrons. The topological polar surface area (TPSA) is 74.8 Å². The molecule has 7 nitrogen and oxygen atoms in total. The van der Waals surface area contributed by atoms with E-state index in [9.17, 15) is 14.0 Å². The molecule has 3 heterocycles. The Labute approximate surface area is 174 Å². The molecule has 2 aliphatic heterocycles. The van der Waals surface area contributed by atoms with E-state index in [4.69, 9.17) is 4.74 Å². The smallest absolute Gasteiger partial charge is 0.229 e. The van der Waals surface area contributed by atoms with Gasteiger partial charge in [0, 0.05) is 26.1 Å². The summed E-state index contributed by atoms with van der Waals surface area (Å²) in [5.74, 6) is -0.720. The van der Waals surface area contributed by atoms with Crippen LogP contribution in [0.2, 0.25) is 0 Å². The number of nitrogens with zero attached hydrogens (tertiary/aromatic N) is 3.